The Morgan fingerprint density at radius 1 is 1.17 bits per heavy atom. The van der Waals surface area contributed by atoms with Crippen molar-refractivity contribution >= 4 is 15.9 Å². The number of amides is 1. The van der Waals surface area contributed by atoms with E-state index in [1.165, 1.54) is 5.56 Å². The fourth-order valence-corrected chi connectivity index (χ4v) is 5.11. The van der Waals surface area contributed by atoms with E-state index in [2.05, 4.69) is 25.1 Å². The van der Waals surface area contributed by atoms with Gasteiger partial charge in [-0.15, -0.1) is 0 Å². The van der Waals surface area contributed by atoms with Crippen LogP contribution in [0.25, 0.3) is 0 Å². The van der Waals surface area contributed by atoms with Crippen LogP contribution in [0.4, 0.5) is 0 Å². The van der Waals surface area contributed by atoms with Crippen LogP contribution in [0.2, 0.25) is 0 Å². The first-order valence-corrected chi connectivity index (χ1v) is 10.3. The number of aryl methyl sites for hydroxylation is 1. The van der Waals surface area contributed by atoms with Gasteiger partial charge in [-0.2, -0.15) is 0 Å². The maximum absolute atomic E-state index is 12.5. The second kappa shape index (κ2) is 6.48. The van der Waals surface area contributed by atoms with E-state index in [9.17, 15) is 13.2 Å². The van der Waals surface area contributed by atoms with Gasteiger partial charge in [0.25, 0.3) is 0 Å². The summed E-state index contributed by atoms with van der Waals surface area (Å²) in [7, 11) is -3.13. The number of carbonyl (C=O) groups excluding carboxylic acids is 1. The molecule has 1 aromatic carbocycles. The Balaban J connectivity index is 1.76. The number of nitrogens with zero attached hydrogens (tertiary/aromatic N) is 2. The summed E-state index contributed by atoms with van der Waals surface area (Å²) in [4.78, 5) is 14.5. The number of hydrogen-bond acceptors (Lipinski definition) is 3. The number of piperidine rings is 1. The molecule has 2 aliphatic heterocycles. The van der Waals surface area contributed by atoms with Crippen molar-refractivity contribution in [3.8, 4) is 0 Å². The van der Waals surface area contributed by atoms with E-state index in [1.807, 2.05) is 11.0 Å². The molecule has 1 amide bonds. The number of hydrogen-bond donors (Lipinski definition) is 0. The molecule has 1 spiro atoms. The fraction of sp³-hybridized carbons (Fsp3) is 0.611. The Hall–Kier alpha value is -1.40. The lowest BCUT2D eigenvalue weighted by atomic mass is 9.85. The highest BCUT2D eigenvalue weighted by molar-refractivity contribution is 7.89. The van der Waals surface area contributed by atoms with Gasteiger partial charge in [0.1, 0.15) is 0 Å². The quantitative estimate of drug-likeness (QED) is 0.837. The highest BCUT2D eigenvalue weighted by Crippen LogP contribution is 2.40. The molecular formula is C18H26N2O3S. The second-order valence-electron chi connectivity index (χ2n) is 6.99. The van der Waals surface area contributed by atoms with Crippen molar-refractivity contribution in [3.05, 3.63) is 35.4 Å². The first-order chi connectivity index (χ1) is 11.4. The van der Waals surface area contributed by atoms with Gasteiger partial charge in [0, 0.05) is 31.6 Å². The predicted octanol–water partition coefficient (Wildman–Crippen LogP) is 2.30. The summed E-state index contributed by atoms with van der Waals surface area (Å²) >= 11 is 0. The zero-order chi connectivity index (χ0) is 17.4. The monoisotopic (exact) mass is 350 g/mol. The van der Waals surface area contributed by atoms with Gasteiger partial charge in [-0.3, -0.25) is 4.79 Å². The van der Waals surface area contributed by atoms with Crippen molar-refractivity contribution in [1.82, 2.24) is 9.21 Å². The van der Waals surface area contributed by atoms with Crippen molar-refractivity contribution in [2.45, 2.75) is 51.6 Å². The molecule has 0 atom stereocenters. The van der Waals surface area contributed by atoms with Crippen LogP contribution in [-0.2, 0) is 21.4 Å². The minimum Gasteiger partial charge on any atom is -0.333 e. The van der Waals surface area contributed by atoms with Gasteiger partial charge in [0.2, 0.25) is 15.9 Å². The molecule has 24 heavy (non-hydrogen) atoms. The van der Waals surface area contributed by atoms with Crippen LogP contribution in [0.5, 0.6) is 0 Å². The number of rotatable bonds is 4. The minimum absolute atomic E-state index is 0.145. The smallest absolute Gasteiger partial charge is 0.223 e. The molecule has 6 heteroatoms. The van der Waals surface area contributed by atoms with Crippen molar-refractivity contribution in [2.24, 2.45) is 0 Å². The maximum Gasteiger partial charge on any atom is 0.223 e. The molecular weight excluding hydrogens is 324 g/mol. The summed E-state index contributed by atoms with van der Waals surface area (Å²) in [6, 6.07) is 8.26. The largest absolute Gasteiger partial charge is 0.333 e. The topological polar surface area (TPSA) is 57.7 Å². The number of carbonyl (C=O) groups is 1. The van der Waals surface area contributed by atoms with Crippen molar-refractivity contribution in [1.29, 1.82) is 0 Å². The van der Waals surface area contributed by atoms with Gasteiger partial charge < -0.3 is 4.90 Å². The average Bonchev–Trinajstić information content (AvgIpc) is 2.85. The van der Waals surface area contributed by atoms with Crippen LogP contribution >= 0.6 is 0 Å². The van der Waals surface area contributed by atoms with Crippen LogP contribution in [0, 0.1) is 6.92 Å². The summed E-state index contributed by atoms with van der Waals surface area (Å²) in [5, 5.41) is 0. The molecule has 0 N–H and O–H groups in total. The van der Waals surface area contributed by atoms with Gasteiger partial charge >= 0.3 is 0 Å². The molecule has 2 saturated heterocycles. The molecule has 0 aliphatic carbocycles. The van der Waals surface area contributed by atoms with E-state index in [-0.39, 0.29) is 17.2 Å². The standard InChI is InChI=1S/C18H26N2O3S/c1-3-24(22,23)19-11-9-18(10-12-19)8-7-17(21)20(18)14-16-6-4-5-15(2)13-16/h4-6,13H,3,7-12,14H2,1-2H3. The molecule has 2 heterocycles. The number of benzene rings is 1. The van der Waals surface area contributed by atoms with E-state index >= 15 is 0 Å². The van der Waals surface area contributed by atoms with Crippen LogP contribution in [-0.4, -0.2) is 47.9 Å². The summed E-state index contributed by atoms with van der Waals surface area (Å²) in [6.45, 7) is 5.41. The van der Waals surface area contributed by atoms with Gasteiger partial charge in [-0.05, 0) is 38.7 Å². The first kappa shape index (κ1) is 17.4. The minimum atomic E-state index is -3.13. The highest BCUT2D eigenvalue weighted by Gasteiger charge is 2.47. The molecule has 3 rings (SSSR count). The van der Waals surface area contributed by atoms with E-state index in [1.54, 1.807) is 11.2 Å². The van der Waals surface area contributed by atoms with E-state index < -0.39 is 10.0 Å². The van der Waals surface area contributed by atoms with Gasteiger partial charge in [-0.25, -0.2) is 12.7 Å². The average molecular weight is 350 g/mol. The molecule has 2 fully saturated rings. The summed E-state index contributed by atoms with van der Waals surface area (Å²) < 4.78 is 25.7. The van der Waals surface area contributed by atoms with Crippen molar-refractivity contribution in [2.75, 3.05) is 18.8 Å². The lowest BCUT2D eigenvalue weighted by Gasteiger charge is -2.44. The first-order valence-electron chi connectivity index (χ1n) is 8.70. The van der Waals surface area contributed by atoms with E-state index in [0.29, 0.717) is 26.1 Å². The molecule has 0 radical (unpaired) electrons. The lowest BCUT2D eigenvalue weighted by Crippen LogP contribution is -2.54. The number of sulfonamides is 1. The zero-order valence-corrected chi connectivity index (χ0v) is 15.3. The molecule has 0 aromatic heterocycles. The third kappa shape index (κ3) is 3.22. The normalized spacial score (nSPS) is 21.6. The molecule has 2 aliphatic rings. The molecule has 1 aromatic rings. The molecule has 0 bridgehead atoms. The Morgan fingerprint density at radius 2 is 1.88 bits per heavy atom. The highest BCUT2D eigenvalue weighted by atomic mass is 32.2. The second-order valence-corrected chi connectivity index (χ2v) is 9.25. The SMILES string of the molecule is CCS(=O)(=O)N1CCC2(CCC(=O)N2Cc2cccc(C)c2)CC1. The lowest BCUT2D eigenvalue weighted by molar-refractivity contribution is -0.133. The molecule has 0 saturated carbocycles. The summed E-state index contributed by atoms with van der Waals surface area (Å²) in [6.07, 6.45) is 2.90. The summed E-state index contributed by atoms with van der Waals surface area (Å²) in [5.74, 6) is 0.342. The predicted molar refractivity (Wildman–Crippen MR) is 94.0 cm³/mol. The Labute approximate surface area is 144 Å². The van der Waals surface area contributed by atoms with Crippen LogP contribution < -0.4 is 0 Å². The fourth-order valence-electron chi connectivity index (χ4n) is 4.01. The Kier molecular flexibility index (Phi) is 4.71. The Morgan fingerprint density at radius 3 is 2.50 bits per heavy atom. The zero-order valence-electron chi connectivity index (χ0n) is 14.5. The van der Waals surface area contributed by atoms with Gasteiger partial charge in [0.15, 0.2) is 0 Å². The van der Waals surface area contributed by atoms with Crippen LogP contribution in [0.15, 0.2) is 24.3 Å². The van der Waals surface area contributed by atoms with Gasteiger partial charge in [-0.1, -0.05) is 29.8 Å². The summed E-state index contributed by atoms with van der Waals surface area (Å²) in [5.41, 5.74) is 2.17. The molecule has 5 nitrogen and oxygen atoms in total. The van der Waals surface area contributed by atoms with E-state index in [0.717, 1.165) is 24.8 Å². The van der Waals surface area contributed by atoms with E-state index in [4.69, 9.17) is 0 Å². The third-order valence-electron chi connectivity index (χ3n) is 5.51. The van der Waals surface area contributed by atoms with Gasteiger partial charge in [0.05, 0.1) is 5.75 Å². The van der Waals surface area contributed by atoms with Crippen molar-refractivity contribution in [3.63, 3.8) is 0 Å². The number of likely N-dealkylation sites (tertiary alicyclic amines) is 1. The molecule has 0 unspecified atom stereocenters. The molecule has 132 valence electrons. The maximum atomic E-state index is 12.5. The third-order valence-corrected chi connectivity index (χ3v) is 7.39. The van der Waals surface area contributed by atoms with Crippen LogP contribution in [0.1, 0.15) is 43.7 Å². The Bertz CT molecular complexity index is 722. The van der Waals surface area contributed by atoms with Crippen LogP contribution in [0.3, 0.4) is 0 Å². The van der Waals surface area contributed by atoms with Crippen molar-refractivity contribution < 1.29 is 13.2 Å².